The van der Waals surface area contributed by atoms with Gasteiger partial charge in [-0.25, -0.2) is 0 Å². The molecule has 220 valence electrons. The molecule has 5 aliphatic carbocycles. The van der Waals surface area contributed by atoms with Crippen LogP contribution in [0.25, 0.3) is 0 Å². The lowest BCUT2D eigenvalue weighted by Gasteiger charge is -2.72. The zero-order valence-electron chi connectivity index (χ0n) is 26.3. The Balaban J connectivity index is 1.43. The SMILES string of the molecule is CC(C)C1=C2[C@H]3CC[C@@H]4[C@@]5(C)CC[C@H](O)C(C)(C)[C@@H]5CC[C@@]4(C)[C@]3(C)CC[C@@]2(C(=O)Cc2ccnn2C)CC1=O. The summed E-state index contributed by atoms with van der Waals surface area (Å²) in [5, 5.41) is 15.3. The van der Waals surface area contributed by atoms with Gasteiger partial charge in [0.2, 0.25) is 0 Å². The van der Waals surface area contributed by atoms with Gasteiger partial charge in [-0.3, -0.25) is 14.3 Å². The zero-order valence-corrected chi connectivity index (χ0v) is 26.3. The van der Waals surface area contributed by atoms with Crippen LogP contribution >= 0.6 is 0 Å². The molecule has 1 heterocycles. The van der Waals surface area contributed by atoms with Crippen LogP contribution in [0.15, 0.2) is 23.4 Å². The summed E-state index contributed by atoms with van der Waals surface area (Å²) in [5.74, 6) is 2.00. The Labute approximate surface area is 241 Å². The molecule has 0 spiro atoms. The normalized spacial score (nSPS) is 44.2. The summed E-state index contributed by atoms with van der Waals surface area (Å²) < 4.78 is 1.80. The lowest BCUT2D eigenvalue weighted by molar-refractivity contribution is -0.228. The standard InChI is InChI=1S/C35H52N2O3/c1-21(2)29-24(38)20-35(28(40)19-22-13-18-36-37(22)8)17-16-33(6)23(30(29)35)9-10-26-32(5)14-12-27(39)31(3,4)25(32)11-15-34(26,33)7/h13,18,21,23,25-27,39H,9-12,14-17,19-20H2,1-8H3/t23-,25+,26-,27+,32+,33-,34-,35+/m1/s1. The number of allylic oxidation sites excluding steroid dienone is 2. The van der Waals surface area contributed by atoms with E-state index in [-0.39, 0.29) is 51.2 Å². The van der Waals surface area contributed by atoms with E-state index in [2.05, 4.69) is 53.6 Å². The first-order chi connectivity index (χ1) is 18.6. The van der Waals surface area contributed by atoms with Gasteiger partial charge in [0.25, 0.3) is 0 Å². The average Bonchev–Trinajstić information content (AvgIpc) is 3.42. The van der Waals surface area contributed by atoms with Crippen molar-refractivity contribution in [2.24, 2.45) is 57.8 Å². The number of fused-ring (bicyclic) bond motifs is 7. The quantitative estimate of drug-likeness (QED) is 0.445. The first-order valence-electron chi connectivity index (χ1n) is 16.1. The molecule has 1 aromatic rings. The molecule has 40 heavy (non-hydrogen) atoms. The lowest BCUT2D eigenvalue weighted by atomic mass is 9.33. The summed E-state index contributed by atoms with van der Waals surface area (Å²) in [5.41, 5.74) is 2.88. The average molecular weight is 549 g/mol. The predicted octanol–water partition coefficient (Wildman–Crippen LogP) is 6.87. The summed E-state index contributed by atoms with van der Waals surface area (Å²) in [6, 6.07) is 1.94. The molecule has 4 fully saturated rings. The number of rotatable bonds is 4. The Morgan fingerprint density at radius 3 is 2.38 bits per heavy atom. The number of Topliss-reactive ketones (excluding diaryl/α,β-unsaturated/α-hetero) is 2. The molecule has 6 rings (SSSR count). The van der Waals surface area contributed by atoms with Gasteiger partial charge in [0.05, 0.1) is 11.5 Å². The molecule has 1 aromatic heterocycles. The first kappa shape index (κ1) is 28.4. The molecule has 0 unspecified atom stereocenters. The Morgan fingerprint density at radius 1 is 1.00 bits per heavy atom. The van der Waals surface area contributed by atoms with Crippen LogP contribution in [0.3, 0.4) is 0 Å². The second-order valence-electron chi connectivity index (χ2n) is 16.2. The van der Waals surface area contributed by atoms with Gasteiger partial charge in [-0.1, -0.05) is 48.5 Å². The molecule has 5 heteroatoms. The Morgan fingerprint density at radius 2 is 1.73 bits per heavy atom. The fourth-order valence-electron chi connectivity index (χ4n) is 11.9. The van der Waals surface area contributed by atoms with Crippen LogP contribution in [-0.2, 0) is 23.1 Å². The molecule has 0 amide bonds. The van der Waals surface area contributed by atoms with Crippen LogP contribution in [0, 0.1) is 50.7 Å². The van der Waals surface area contributed by atoms with Gasteiger partial charge in [-0.05, 0) is 114 Å². The van der Waals surface area contributed by atoms with E-state index in [1.165, 1.54) is 12.0 Å². The van der Waals surface area contributed by atoms with Crippen molar-refractivity contribution in [2.75, 3.05) is 0 Å². The number of aliphatic hydroxyl groups is 1. The smallest absolute Gasteiger partial charge is 0.160 e. The van der Waals surface area contributed by atoms with Crippen LogP contribution in [-0.4, -0.2) is 32.6 Å². The maximum Gasteiger partial charge on any atom is 0.160 e. The third-order valence-electron chi connectivity index (χ3n) is 14.2. The van der Waals surface area contributed by atoms with Crippen molar-refractivity contribution in [3.63, 3.8) is 0 Å². The number of carbonyl (C=O) groups excluding carboxylic acids is 2. The number of hydrogen-bond donors (Lipinski definition) is 1. The fourth-order valence-corrected chi connectivity index (χ4v) is 11.9. The molecule has 1 N–H and O–H groups in total. The van der Waals surface area contributed by atoms with Crippen molar-refractivity contribution in [1.29, 1.82) is 0 Å². The van der Waals surface area contributed by atoms with E-state index in [0.717, 1.165) is 56.2 Å². The zero-order chi connectivity index (χ0) is 29.0. The summed E-state index contributed by atoms with van der Waals surface area (Å²) >= 11 is 0. The Hall–Kier alpha value is -1.75. The second-order valence-corrected chi connectivity index (χ2v) is 16.2. The van der Waals surface area contributed by atoms with Gasteiger partial charge >= 0.3 is 0 Å². The number of aryl methyl sites for hydroxylation is 1. The van der Waals surface area contributed by atoms with E-state index < -0.39 is 5.41 Å². The maximum atomic E-state index is 14.4. The van der Waals surface area contributed by atoms with Gasteiger partial charge in [0, 0.05) is 31.8 Å². The van der Waals surface area contributed by atoms with Crippen molar-refractivity contribution in [3.05, 3.63) is 29.1 Å². The van der Waals surface area contributed by atoms with Crippen LogP contribution in [0.4, 0.5) is 0 Å². The van der Waals surface area contributed by atoms with Gasteiger partial charge < -0.3 is 5.11 Å². The van der Waals surface area contributed by atoms with E-state index in [1.54, 1.807) is 10.9 Å². The molecule has 0 bridgehead atoms. The second kappa shape index (κ2) is 8.88. The van der Waals surface area contributed by atoms with E-state index in [9.17, 15) is 14.7 Å². The minimum atomic E-state index is -0.646. The number of hydrogen-bond acceptors (Lipinski definition) is 4. The lowest BCUT2D eigenvalue weighted by Crippen LogP contribution is -2.65. The van der Waals surface area contributed by atoms with Crippen LogP contribution in [0.1, 0.15) is 112 Å². The van der Waals surface area contributed by atoms with Crippen LogP contribution in [0.2, 0.25) is 0 Å². The molecular weight excluding hydrogens is 496 g/mol. The number of ketones is 2. The third-order valence-corrected chi connectivity index (χ3v) is 14.2. The first-order valence-corrected chi connectivity index (χ1v) is 16.1. The van der Waals surface area contributed by atoms with E-state index in [0.29, 0.717) is 24.7 Å². The highest BCUT2D eigenvalue weighted by Gasteiger charge is 2.70. The van der Waals surface area contributed by atoms with Crippen molar-refractivity contribution in [3.8, 4) is 0 Å². The molecule has 0 aromatic carbocycles. The molecule has 5 nitrogen and oxygen atoms in total. The van der Waals surface area contributed by atoms with Crippen molar-refractivity contribution < 1.29 is 14.7 Å². The van der Waals surface area contributed by atoms with E-state index in [4.69, 9.17) is 0 Å². The van der Waals surface area contributed by atoms with Crippen LogP contribution in [0.5, 0.6) is 0 Å². The highest BCUT2D eigenvalue weighted by atomic mass is 16.3. The minimum absolute atomic E-state index is 0.0561. The van der Waals surface area contributed by atoms with E-state index >= 15 is 0 Å². The predicted molar refractivity (Wildman–Crippen MR) is 157 cm³/mol. The largest absolute Gasteiger partial charge is 0.393 e. The maximum absolute atomic E-state index is 14.4. The van der Waals surface area contributed by atoms with Gasteiger partial charge in [-0.2, -0.15) is 5.10 Å². The Bertz CT molecular complexity index is 1270. The number of nitrogens with zero attached hydrogens (tertiary/aromatic N) is 2. The Kier molecular flexibility index (Phi) is 6.30. The number of aromatic nitrogens is 2. The topological polar surface area (TPSA) is 72.2 Å². The van der Waals surface area contributed by atoms with Gasteiger partial charge in [-0.15, -0.1) is 0 Å². The number of carbonyl (C=O) groups is 2. The summed E-state index contributed by atoms with van der Waals surface area (Å²) in [6.07, 6.45) is 10.6. The minimum Gasteiger partial charge on any atom is -0.393 e. The highest BCUT2D eigenvalue weighted by molar-refractivity contribution is 6.07. The molecular formula is C35H52N2O3. The monoisotopic (exact) mass is 548 g/mol. The highest BCUT2D eigenvalue weighted by Crippen LogP contribution is 2.76. The van der Waals surface area contributed by atoms with Crippen molar-refractivity contribution in [2.45, 2.75) is 119 Å². The summed E-state index contributed by atoms with van der Waals surface area (Å²) in [6.45, 7) is 16.6. The van der Waals surface area contributed by atoms with Crippen molar-refractivity contribution >= 4 is 11.6 Å². The molecule has 0 radical (unpaired) electrons. The van der Waals surface area contributed by atoms with Crippen LogP contribution < -0.4 is 0 Å². The van der Waals surface area contributed by atoms with Gasteiger partial charge in [0.1, 0.15) is 5.78 Å². The van der Waals surface area contributed by atoms with E-state index in [1.807, 2.05) is 13.1 Å². The third kappa shape index (κ3) is 3.45. The summed E-state index contributed by atoms with van der Waals surface area (Å²) in [7, 11) is 1.90. The van der Waals surface area contributed by atoms with Gasteiger partial charge in [0.15, 0.2) is 5.78 Å². The molecule has 0 aliphatic heterocycles. The molecule has 5 aliphatic rings. The molecule has 4 saturated carbocycles. The fraction of sp³-hybridized carbons (Fsp3) is 0.800. The number of aliphatic hydroxyl groups excluding tert-OH is 1. The molecule has 8 atom stereocenters. The summed E-state index contributed by atoms with van der Waals surface area (Å²) in [4.78, 5) is 28.2. The molecule has 0 saturated heterocycles. The van der Waals surface area contributed by atoms with Crippen molar-refractivity contribution in [1.82, 2.24) is 9.78 Å².